The minimum Gasteiger partial charge on any atom is -0.493 e. The molecule has 11 heteroatoms. The average Bonchev–Trinajstić information content (AvgIpc) is 3.60. The molecule has 0 aliphatic carbocycles. The molecule has 50 heavy (non-hydrogen) atoms. The maximum absolute atomic E-state index is 13.4. The molecular formula is C39H41N5O6. The number of amides is 2. The Kier molecular flexibility index (Phi) is 8.92. The van der Waals surface area contributed by atoms with Crippen LogP contribution in [-0.4, -0.2) is 92.4 Å². The molecule has 3 aromatic rings. The van der Waals surface area contributed by atoms with Gasteiger partial charge in [0.25, 0.3) is 11.8 Å². The molecule has 258 valence electrons. The SMILES string of the molecule is C=C1CC2C=Nc3cc(OCc4cc(COc5cc6c(cc5OC)C(=O)N5CC(=C)CC5C=N6)cc(CN(C)C)c4)c(OC)cc3C(=O)N2C1. The molecule has 0 radical (unpaired) electrons. The first kappa shape index (κ1) is 33.1. The lowest BCUT2D eigenvalue weighted by Crippen LogP contribution is -2.35. The Labute approximate surface area is 292 Å². The fourth-order valence-corrected chi connectivity index (χ4v) is 6.99. The van der Waals surface area contributed by atoms with Crippen molar-refractivity contribution in [3.05, 3.63) is 94.6 Å². The predicted molar refractivity (Wildman–Crippen MR) is 192 cm³/mol. The second-order valence-corrected chi connectivity index (χ2v) is 13.5. The van der Waals surface area contributed by atoms with Gasteiger partial charge in [0.2, 0.25) is 0 Å². The lowest BCUT2D eigenvalue weighted by Gasteiger charge is -2.20. The molecule has 0 N–H and O–H groups in total. The number of carbonyl (C=O) groups excluding carboxylic acids is 2. The highest BCUT2D eigenvalue weighted by atomic mass is 16.5. The van der Waals surface area contributed by atoms with Gasteiger partial charge in [0.15, 0.2) is 23.0 Å². The second-order valence-electron chi connectivity index (χ2n) is 13.5. The van der Waals surface area contributed by atoms with Crippen molar-refractivity contribution in [3.63, 3.8) is 0 Å². The van der Waals surface area contributed by atoms with E-state index in [0.717, 1.165) is 27.8 Å². The maximum atomic E-state index is 13.4. The van der Waals surface area contributed by atoms with Crippen LogP contribution in [0.15, 0.2) is 76.8 Å². The summed E-state index contributed by atoms with van der Waals surface area (Å²) >= 11 is 0. The van der Waals surface area contributed by atoms with Crippen molar-refractivity contribution < 1.29 is 28.5 Å². The van der Waals surface area contributed by atoms with Crippen molar-refractivity contribution >= 4 is 35.6 Å². The van der Waals surface area contributed by atoms with E-state index < -0.39 is 0 Å². The minimum absolute atomic E-state index is 0.0943. The van der Waals surface area contributed by atoms with Crippen LogP contribution in [0.2, 0.25) is 0 Å². The number of rotatable bonds is 10. The number of fused-ring (bicyclic) bond motifs is 4. The molecule has 2 unspecified atom stereocenters. The summed E-state index contributed by atoms with van der Waals surface area (Å²) in [4.78, 5) is 41.8. The summed E-state index contributed by atoms with van der Waals surface area (Å²) in [5.41, 5.74) is 7.04. The van der Waals surface area contributed by atoms with Crippen molar-refractivity contribution in [3.8, 4) is 23.0 Å². The Morgan fingerprint density at radius 1 is 0.680 bits per heavy atom. The Morgan fingerprint density at radius 2 is 1.12 bits per heavy atom. The highest BCUT2D eigenvalue weighted by molar-refractivity contribution is 6.04. The molecule has 11 nitrogen and oxygen atoms in total. The van der Waals surface area contributed by atoms with E-state index in [1.807, 2.05) is 32.6 Å². The molecule has 0 spiro atoms. The molecule has 2 amide bonds. The van der Waals surface area contributed by atoms with Gasteiger partial charge in [-0.05, 0) is 61.8 Å². The van der Waals surface area contributed by atoms with Crippen molar-refractivity contribution in [2.75, 3.05) is 41.4 Å². The standard InChI is InChI=1S/C39H41N5O6/c1-23-7-28-16-40-32-14-36(34(47-5)12-30(32)38(45)43(28)18-23)49-21-26-9-25(20-42(3)4)10-27(11-26)22-50-37-15-33-31(13-35(37)48-6)39(46)44-19-24(2)8-29(44)17-41-33/h9-17,28-29H,1-2,7-8,18-22H2,3-6H3. The van der Waals surface area contributed by atoms with Crippen LogP contribution < -0.4 is 18.9 Å². The monoisotopic (exact) mass is 675 g/mol. The number of nitrogens with zero attached hydrogens (tertiary/aromatic N) is 5. The second kappa shape index (κ2) is 13.5. The van der Waals surface area contributed by atoms with E-state index in [2.05, 4.69) is 40.2 Å². The van der Waals surface area contributed by atoms with E-state index in [1.165, 1.54) is 0 Å². The summed E-state index contributed by atoms with van der Waals surface area (Å²) in [6, 6.07) is 13.0. The molecule has 4 heterocycles. The molecule has 2 fully saturated rings. The van der Waals surface area contributed by atoms with E-state index in [1.54, 1.807) is 48.3 Å². The first-order valence-electron chi connectivity index (χ1n) is 16.6. The highest BCUT2D eigenvalue weighted by Crippen LogP contribution is 2.40. The third kappa shape index (κ3) is 6.48. The normalized spacial score (nSPS) is 19.2. The van der Waals surface area contributed by atoms with Crippen LogP contribution in [0.5, 0.6) is 23.0 Å². The minimum atomic E-state index is -0.0996. The van der Waals surface area contributed by atoms with Gasteiger partial charge in [-0.1, -0.05) is 36.4 Å². The zero-order valence-corrected chi connectivity index (χ0v) is 28.9. The quantitative estimate of drug-likeness (QED) is 0.247. The number of hydrogen-bond donors (Lipinski definition) is 0. The number of aliphatic imine (C=N–C) groups is 2. The summed E-state index contributed by atoms with van der Waals surface area (Å²) in [5, 5.41) is 0. The van der Waals surface area contributed by atoms with Crippen molar-refractivity contribution in [1.82, 2.24) is 14.7 Å². The van der Waals surface area contributed by atoms with Crippen LogP contribution in [0.25, 0.3) is 0 Å². The molecule has 4 aliphatic rings. The van der Waals surface area contributed by atoms with Gasteiger partial charge in [0, 0.05) is 44.2 Å². The molecular weight excluding hydrogens is 634 g/mol. The Morgan fingerprint density at radius 3 is 1.54 bits per heavy atom. The lowest BCUT2D eigenvalue weighted by molar-refractivity contribution is 0.0769. The van der Waals surface area contributed by atoms with Crippen LogP contribution in [-0.2, 0) is 19.8 Å². The number of benzene rings is 3. The van der Waals surface area contributed by atoms with E-state index in [0.29, 0.717) is 78.0 Å². The fraction of sp³-hybridized carbons (Fsp3) is 0.333. The number of ether oxygens (including phenoxy) is 4. The van der Waals surface area contributed by atoms with Gasteiger partial charge in [-0.25, -0.2) is 0 Å². The van der Waals surface area contributed by atoms with E-state index in [9.17, 15) is 9.59 Å². The van der Waals surface area contributed by atoms with Crippen LogP contribution in [0.4, 0.5) is 11.4 Å². The van der Waals surface area contributed by atoms with Crippen LogP contribution in [0.1, 0.15) is 50.2 Å². The van der Waals surface area contributed by atoms with Gasteiger partial charge in [-0.2, -0.15) is 0 Å². The zero-order chi connectivity index (χ0) is 35.1. The van der Waals surface area contributed by atoms with Gasteiger partial charge in [-0.3, -0.25) is 19.6 Å². The van der Waals surface area contributed by atoms with Crippen molar-refractivity contribution in [1.29, 1.82) is 0 Å². The molecule has 0 bridgehead atoms. The Balaban J connectivity index is 1.12. The van der Waals surface area contributed by atoms with Crippen LogP contribution >= 0.6 is 0 Å². The number of methoxy groups -OCH3 is 2. The van der Waals surface area contributed by atoms with Gasteiger partial charge >= 0.3 is 0 Å². The molecule has 4 aliphatic heterocycles. The first-order valence-corrected chi connectivity index (χ1v) is 16.6. The molecule has 0 saturated carbocycles. The summed E-state index contributed by atoms with van der Waals surface area (Å²) in [6.07, 6.45) is 5.06. The van der Waals surface area contributed by atoms with Crippen molar-refractivity contribution in [2.24, 2.45) is 9.98 Å². The average molecular weight is 676 g/mol. The van der Waals surface area contributed by atoms with E-state index in [-0.39, 0.29) is 37.1 Å². The highest BCUT2D eigenvalue weighted by Gasteiger charge is 2.35. The molecule has 0 aromatic heterocycles. The van der Waals surface area contributed by atoms with Crippen molar-refractivity contribution in [2.45, 2.75) is 44.7 Å². The Hall–Kier alpha value is -5.42. The summed E-state index contributed by atoms with van der Waals surface area (Å²) < 4.78 is 24.0. The van der Waals surface area contributed by atoms with E-state index in [4.69, 9.17) is 18.9 Å². The summed E-state index contributed by atoms with van der Waals surface area (Å²) in [7, 11) is 7.16. The fourth-order valence-electron chi connectivity index (χ4n) is 6.99. The topological polar surface area (TPSA) is 105 Å². The first-order chi connectivity index (χ1) is 24.1. The molecule has 3 aromatic carbocycles. The smallest absolute Gasteiger partial charge is 0.257 e. The Bertz CT molecular complexity index is 1830. The third-order valence-corrected chi connectivity index (χ3v) is 9.30. The molecule has 7 rings (SSSR count). The van der Waals surface area contributed by atoms with Crippen LogP contribution in [0, 0.1) is 0 Å². The number of carbonyl (C=O) groups is 2. The zero-order valence-electron chi connectivity index (χ0n) is 28.9. The summed E-state index contributed by atoms with van der Waals surface area (Å²) in [5.74, 6) is 1.71. The van der Waals surface area contributed by atoms with Gasteiger partial charge < -0.3 is 33.6 Å². The van der Waals surface area contributed by atoms with E-state index >= 15 is 0 Å². The molecule has 2 atom stereocenters. The largest absolute Gasteiger partial charge is 0.493 e. The summed E-state index contributed by atoms with van der Waals surface area (Å²) in [6.45, 7) is 10.4. The molecule has 2 saturated heterocycles. The van der Waals surface area contributed by atoms with Gasteiger partial charge in [0.1, 0.15) is 13.2 Å². The van der Waals surface area contributed by atoms with Crippen LogP contribution in [0.3, 0.4) is 0 Å². The predicted octanol–water partition coefficient (Wildman–Crippen LogP) is 5.90. The number of hydrogen-bond acceptors (Lipinski definition) is 9. The van der Waals surface area contributed by atoms with Gasteiger partial charge in [0.05, 0.1) is 48.8 Å². The lowest BCUT2D eigenvalue weighted by atomic mass is 10.1. The van der Waals surface area contributed by atoms with Gasteiger partial charge in [-0.15, -0.1) is 0 Å². The third-order valence-electron chi connectivity index (χ3n) is 9.30. The maximum Gasteiger partial charge on any atom is 0.257 e.